The first-order valence-electron chi connectivity index (χ1n) is 9.52. The van der Waals surface area contributed by atoms with Crippen molar-refractivity contribution in [3.63, 3.8) is 0 Å². The number of nitrogens with one attached hydrogen (secondary N) is 1. The van der Waals surface area contributed by atoms with Gasteiger partial charge in [-0.05, 0) is 18.6 Å². The van der Waals surface area contributed by atoms with Gasteiger partial charge in [-0.3, -0.25) is 14.5 Å². The van der Waals surface area contributed by atoms with Crippen LogP contribution in [0.25, 0.3) is 0 Å². The average Bonchev–Trinajstić information content (AvgIpc) is 2.72. The Morgan fingerprint density at radius 3 is 2.11 bits per heavy atom. The number of amides is 1. The van der Waals surface area contributed by atoms with Crippen LogP contribution >= 0.6 is 0 Å². The van der Waals surface area contributed by atoms with Crippen molar-refractivity contribution in [2.24, 2.45) is 0 Å². The van der Waals surface area contributed by atoms with E-state index in [0.29, 0.717) is 12.0 Å². The summed E-state index contributed by atoms with van der Waals surface area (Å²) in [6.07, 6.45) is 0.624. The molecule has 0 aromatic heterocycles. The molecule has 1 unspecified atom stereocenters. The van der Waals surface area contributed by atoms with E-state index >= 15 is 0 Å². The van der Waals surface area contributed by atoms with Gasteiger partial charge in [0, 0.05) is 50.9 Å². The van der Waals surface area contributed by atoms with E-state index in [4.69, 9.17) is 0 Å². The van der Waals surface area contributed by atoms with Gasteiger partial charge in [0.05, 0.1) is 6.04 Å². The van der Waals surface area contributed by atoms with Crippen molar-refractivity contribution in [1.29, 1.82) is 0 Å². The first kappa shape index (κ1) is 19.1. The summed E-state index contributed by atoms with van der Waals surface area (Å²) in [5.74, 6) is -0.188. The van der Waals surface area contributed by atoms with E-state index in [-0.39, 0.29) is 11.7 Å². The van der Waals surface area contributed by atoms with Crippen LogP contribution in [0.4, 0.5) is 5.69 Å². The van der Waals surface area contributed by atoms with Crippen molar-refractivity contribution >= 4 is 17.4 Å². The number of nitrogens with zero attached hydrogens (tertiary/aromatic N) is 2. The molecule has 1 atom stereocenters. The number of rotatable bonds is 7. The maximum absolute atomic E-state index is 12.7. The monoisotopic (exact) mass is 365 g/mol. The summed E-state index contributed by atoms with van der Waals surface area (Å²) < 4.78 is 0. The molecule has 2 aromatic rings. The van der Waals surface area contributed by atoms with Crippen molar-refractivity contribution < 1.29 is 9.59 Å². The van der Waals surface area contributed by atoms with Crippen LogP contribution in [0.15, 0.2) is 60.7 Å². The number of Topliss-reactive ketones (excluding diaryl/α,β-unsaturated/α-hetero) is 1. The van der Waals surface area contributed by atoms with Crippen molar-refractivity contribution in [2.45, 2.75) is 19.4 Å². The van der Waals surface area contributed by atoms with Gasteiger partial charge in [-0.2, -0.15) is 0 Å². The summed E-state index contributed by atoms with van der Waals surface area (Å²) in [7, 11) is 0. The van der Waals surface area contributed by atoms with Crippen LogP contribution in [-0.4, -0.2) is 55.4 Å². The lowest BCUT2D eigenvalue weighted by Gasteiger charge is -2.36. The summed E-state index contributed by atoms with van der Waals surface area (Å²) in [6.45, 7) is 6.13. The Balaban J connectivity index is 1.53. The fourth-order valence-electron chi connectivity index (χ4n) is 3.50. The molecule has 0 radical (unpaired) electrons. The van der Waals surface area contributed by atoms with Crippen LogP contribution in [0.1, 0.15) is 23.7 Å². The Morgan fingerprint density at radius 2 is 1.52 bits per heavy atom. The van der Waals surface area contributed by atoms with E-state index in [1.165, 1.54) is 12.6 Å². The molecule has 27 heavy (non-hydrogen) atoms. The minimum Gasteiger partial charge on any atom is -0.369 e. The molecule has 0 saturated carbocycles. The second-order valence-corrected chi connectivity index (χ2v) is 6.94. The zero-order valence-corrected chi connectivity index (χ0v) is 15.8. The average molecular weight is 365 g/mol. The summed E-state index contributed by atoms with van der Waals surface area (Å²) in [5.41, 5.74) is 1.90. The lowest BCUT2D eigenvalue weighted by atomic mass is 10.0. The molecule has 1 aliphatic heterocycles. The van der Waals surface area contributed by atoms with Gasteiger partial charge < -0.3 is 10.2 Å². The van der Waals surface area contributed by atoms with E-state index in [0.717, 1.165) is 32.7 Å². The highest BCUT2D eigenvalue weighted by molar-refractivity contribution is 6.01. The lowest BCUT2D eigenvalue weighted by Crippen LogP contribution is -2.48. The number of ketones is 1. The third-order valence-electron chi connectivity index (χ3n) is 4.98. The smallest absolute Gasteiger partial charge is 0.217 e. The number of hydrogen-bond donors (Lipinski definition) is 1. The molecule has 1 N–H and O–H groups in total. The Hall–Kier alpha value is -2.66. The van der Waals surface area contributed by atoms with Crippen LogP contribution in [-0.2, 0) is 4.79 Å². The van der Waals surface area contributed by atoms with E-state index in [9.17, 15) is 9.59 Å². The molecular weight excluding hydrogens is 338 g/mol. The molecule has 0 aliphatic carbocycles. The molecular formula is C22H27N3O2. The SMILES string of the molecule is CC(=O)NC(CCN1CCN(c2ccccc2)CC1)C(=O)c1ccccc1. The maximum atomic E-state index is 12.7. The Labute approximate surface area is 161 Å². The Bertz CT molecular complexity index is 741. The van der Waals surface area contributed by atoms with Gasteiger partial charge in [0.1, 0.15) is 0 Å². The molecule has 1 fully saturated rings. The molecule has 1 amide bonds. The first-order valence-corrected chi connectivity index (χ1v) is 9.52. The van der Waals surface area contributed by atoms with Crippen LogP contribution in [0, 0.1) is 0 Å². The zero-order valence-electron chi connectivity index (χ0n) is 15.8. The summed E-state index contributed by atoms with van der Waals surface area (Å²) in [6, 6.07) is 19.2. The molecule has 5 nitrogen and oxygen atoms in total. The lowest BCUT2D eigenvalue weighted by molar-refractivity contribution is -0.119. The first-order chi connectivity index (χ1) is 13.1. The minimum atomic E-state index is -0.475. The Morgan fingerprint density at radius 1 is 0.926 bits per heavy atom. The molecule has 2 aromatic carbocycles. The zero-order chi connectivity index (χ0) is 19.1. The second kappa shape index (κ2) is 9.33. The molecule has 0 spiro atoms. The van der Waals surface area contributed by atoms with Gasteiger partial charge in [-0.25, -0.2) is 0 Å². The maximum Gasteiger partial charge on any atom is 0.217 e. The van der Waals surface area contributed by atoms with Crippen molar-refractivity contribution in [3.05, 3.63) is 66.2 Å². The van der Waals surface area contributed by atoms with Crippen LogP contribution < -0.4 is 10.2 Å². The highest BCUT2D eigenvalue weighted by Gasteiger charge is 2.23. The standard InChI is InChI=1S/C22H27N3O2/c1-18(26)23-21(22(27)19-8-4-2-5-9-19)12-13-24-14-16-25(17-15-24)20-10-6-3-7-11-20/h2-11,21H,12-17H2,1H3,(H,23,26). The highest BCUT2D eigenvalue weighted by Crippen LogP contribution is 2.16. The van der Waals surface area contributed by atoms with Gasteiger partial charge in [0.15, 0.2) is 5.78 Å². The Kier molecular flexibility index (Phi) is 6.60. The van der Waals surface area contributed by atoms with Gasteiger partial charge >= 0.3 is 0 Å². The van der Waals surface area contributed by atoms with Gasteiger partial charge in [-0.15, -0.1) is 0 Å². The molecule has 0 bridgehead atoms. The molecule has 142 valence electrons. The fourth-order valence-corrected chi connectivity index (χ4v) is 3.50. The van der Waals surface area contributed by atoms with E-state index in [2.05, 4.69) is 39.4 Å². The van der Waals surface area contributed by atoms with Crippen molar-refractivity contribution in [2.75, 3.05) is 37.6 Å². The second-order valence-electron chi connectivity index (χ2n) is 6.94. The van der Waals surface area contributed by atoms with Crippen molar-refractivity contribution in [3.8, 4) is 0 Å². The number of piperazine rings is 1. The van der Waals surface area contributed by atoms with Gasteiger partial charge in [-0.1, -0.05) is 48.5 Å². The molecule has 1 saturated heterocycles. The van der Waals surface area contributed by atoms with E-state index in [1.807, 2.05) is 24.3 Å². The van der Waals surface area contributed by atoms with Gasteiger partial charge in [0.2, 0.25) is 5.91 Å². The quantitative estimate of drug-likeness (QED) is 0.767. The molecule has 3 rings (SSSR count). The summed E-state index contributed by atoms with van der Waals surface area (Å²) in [4.78, 5) is 29.1. The summed E-state index contributed by atoms with van der Waals surface area (Å²) in [5, 5.41) is 2.83. The number of hydrogen-bond acceptors (Lipinski definition) is 4. The van der Waals surface area contributed by atoms with Crippen molar-refractivity contribution in [1.82, 2.24) is 10.2 Å². The number of para-hydroxylation sites is 1. The van der Waals surface area contributed by atoms with Crippen LogP contribution in [0.5, 0.6) is 0 Å². The molecule has 1 heterocycles. The molecule has 1 aliphatic rings. The number of benzene rings is 2. The van der Waals surface area contributed by atoms with E-state index < -0.39 is 6.04 Å². The summed E-state index contributed by atoms with van der Waals surface area (Å²) >= 11 is 0. The molecule has 5 heteroatoms. The van der Waals surface area contributed by atoms with E-state index in [1.54, 1.807) is 12.1 Å². The minimum absolute atomic E-state index is 0.0197. The fraction of sp³-hybridized carbons (Fsp3) is 0.364. The number of carbonyl (C=O) groups excluding carboxylic acids is 2. The third kappa shape index (κ3) is 5.41. The topological polar surface area (TPSA) is 52.7 Å². The normalized spacial score (nSPS) is 16.0. The predicted octanol–water partition coefficient (Wildman–Crippen LogP) is 2.59. The van der Waals surface area contributed by atoms with Gasteiger partial charge in [0.25, 0.3) is 0 Å². The largest absolute Gasteiger partial charge is 0.369 e. The number of anilines is 1. The highest BCUT2D eigenvalue weighted by atomic mass is 16.2. The van der Waals surface area contributed by atoms with Crippen LogP contribution in [0.2, 0.25) is 0 Å². The van der Waals surface area contributed by atoms with Crippen LogP contribution in [0.3, 0.4) is 0 Å². The predicted molar refractivity (Wildman–Crippen MR) is 108 cm³/mol. The number of carbonyl (C=O) groups is 2. The third-order valence-corrected chi connectivity index (χ3v) is 4.98.